The van der Waals surface area contributed by atoms with E-state index >= 15 is 0 Å². The summed E-state index contributed by atoms with van der Waals surface area (Å²) in [6.45, 7) is 3.81. The molecule has 2 aromatic rings. The van der Waals surface area contributed by atoms with Crippen molar-refractivity contribution in [2.75, 3.05) is 31.9 Å². The summed E-state index contributed by atoms with van der Waals surface area (Å²) in [5, 5.41) is 3.13. The molecule has 1 unspecified atom stereocenters. The smallest absolute Gasteiger partial charge is 0.336 e. The molecular formula is C19H22N4O4S. The molecule has 4 N–H and O–H groups in total. The fourth-order valence-electron chi connectivity index (χ4n) is 3.34. The van der Waals surface area contributed by atoms with Gasteiger partial charge in [-0.3, -0.25) is 0 Å². The lowest BCUT2D eigenvalue weighted by Crippen LogP contribution is -2.26. The SMILES string of the molecule is CCOC(=O)C1=C(C)Nc2nc(=S)[nH]c(N)c2C1c1ccc(OC)c(OC)c1. The maximum absolute atomic E-state index is 12.8. The topological polar surface area (TPSA) is 111 Å². The van der Waals surface area contributed by atoms with Crippen LogP contribution in [0.1, 0.15) is 30.9 Å². The van der Waals surface area contributed by atoms with Crippen LogP contribution in [0.4, 0.5) is 11.6 Å². The number of hydrogen-bond acceptors (Lipinski definition) is 8. The third-order valence-corrected chi connectivity index (χ3v) is 4.72. The molecule has 1 atom stereocenters. The zero-order valence-corrected chi connectivity index (χ0v) is 16.9. The van der Waals surface area contributed by atoms with Crippen molar-refractivity contribution in [1.82, 2.24) is 9.97 Å². The second-order valence-corrected chi connectivity index (χ2v) is 6.54. The summed E-state index contributed by atoms with van der Waals surface area (Å²) >= 11 is 5.14. The van der Waals surface area contributed by atoms with Crippen molar-refractivity contribution in [3.63, 3.8) is 0 Å². The molecule has 2 heterocycles. The molecule has 0 radical (unpaired) electrons. The number of methoxy groups -OCH3 is 2. The molecule has 1 aliphatic heterocycles. The summed E-state index contributed by atoms with van der Waals surface area (Å²) in [7, 11) is 3.12. The molecule has 0 saturated carbocycles. The molecule has 0 aliphatic carbocycles. The number of fused-ring (bicyclic) bond motifs is 1. The predicted octanol–water partition coefficient (Wildman–Crippen LogP) is 3.13. The minimum absolute atomic E-state index is 0.252. The van der Waals surface area contributed by atoms with Crippen molar-refractivity contribution in [2.24, 2.45) is 0 Å². The number of aromatic amines is 1. The third-order valence-electron chi connectivity index (χ3n) is 4.52. The zero-order valence-electron chi connectivity index (χ0n) is 16.1. The number of hydrogen-bond donors (Lipinski definition) is 3. The fourth-order valence-corrected chi connectivity index (χ4v) is 3.54. The van der Waals surface area contributed by atoms with Gasteiger partial charge >= 0.3 is 5.97 Å². The van der Waals surface area contributed by atoms with Crippen LogP contribution in [0, 0.1) is 4.77 Å². The molecule has 0 spiro atoms. The van der Waals surface area contributed by atoms with E-state index in [9.17, 15) is 4.79 Å². The molecule has 1 aromatic carbocycles. The number of esters is 1. The molecule has 9 heteroatoms. The van der Waals surface area contributed by atoms with Gasteiger partial charge in [0.25, 0.3) is 0 Å². The number of benzene rings is 1. The number of carbonyl (C=O) groups excluding carboxylic acids is 1. The van der Waals surface area contributed by atoms with E-state index in [1.54, 1.807) is 34.1 Å². The van der Waals surface area contributed by atoms with Gasteiger partial charge in [-0.15, -0.1) is 0 Å². The Labute approximate surface area is 167 Å². The molecule has 1 aromatic heterocycles. The van der Waals surface area contributed by atoms with Gasteiger partial charge in [-0.05, 0) is 43.8 Å². The van der Waals surface area contributed by atoms with E-state index in [2.05, 4.69) is 15.3 Å². The highest BCUT2D eigenvalue weighted by molar-refractivity contribution is 7.71. The summed E-state index contributed by atoms with van der Waals surface area (Å²) in [6.07, 6.45) is 0. The third kappa shape index (κ3) is 3.40. The number of carbonyl (C=O) groups is 1. The van der Waals surface area contributed by atoms with E-state index in [1.807, 2.05) is 12.1 Å². The number of ether oxygens (including phenoxy) is 3. The predicted molar refractivity (Wildman–Crippen MR) is 108 cm³/mol. The van der Waals surface area contributed by atoms with Gasteiger partial charge in [0.2, 0.25) is 0 Å². The highest BCUT2D eigenvalue weighted by Crippen LogP contribution is 2.45. The van der Waals surface area contributed by atoms with Crippen LogP contribution in [-0.2, 0) is 9.53 Å². The Kier molecular flexibility index (Phi) is 5.55. The molecule has 0 amide bonds. The van der Waals surface area contributed by atoms with Crippen LogP contribution in [0.3, 0.4) is 0 Å². The number of allylic oxidation sites excluding steroid dienone is 1. The number of aromatic nitrogens is 2. The van der Waals surface area contributed by atoms with E-state index < -0.39 is 11.9 Å². The number of H-pyrrole nitrogens is 1. The Morgan fingerprint density at radius 2 is 2.00 bits per heavy atom. The van der Waals surface area contributed by atoms with Crippen molar-refractivity contribution < 1.29 is 19.0 Å². The minimum atomic E-state index is -0.519. The van der Waals surface area contributed by atoms with Crippen LogP contribution in [0.5, 0.6) is 11.5 Å². The quantitative estimate of drug-likeness (QED) is 0.517. The molecular weight excluding hydrogens is 380 g/mol. The normalized spacial score (nSPS) is 15.5. The summed E-state index contributed by atoms with van der Waals surface area (Å²) in [5.41, 5.74) is 8.71. The molecule has 0 bridgehead atoms. The van der Waals surface area contributed by atoms with Crippen molar-refractivity contribution >= 4 is 29.8 Å². The Hall–Kier alpha value is -3.07. The standard InChI is InChI=1S/C19H22N4O4S/c1-5-27-18(24)13-9(2)21-17-15(16(20)22-19(28)23-17)14(13)10-6-7-11(25-3)12(8-10)26-4/h6-8,14H,5H2,1-4H3,(H4,20,21,22,23,28). The van der Waals surface area contributed by atoms with E-state index in [-0.39, 0.29) is 11.4 Å². The number of rotatable bonds is 5. The van der Waals surface area contributed by atoms with E-state index in [0.717, 1.165) is 5.56 Å². The van der Waals surface area contributed by atoms with E-state index in [1.165, 1.54) is 0 Å². The van der Waals surface area contributed by atoms with E-state index in [4.69, 9.17) is 32.2 Å². The van der Waals surface area contributed by atoms with Gasteiger partial charge in [-0.1, -0.05) is 6.07 Å². The van der Waals surface area contributed by atoms with Crippen LogP contribution in [0.25, 0.3) is 0 Å². The molecule has 8 nitrogen and oxygen atoms in total. The van der Waals surface area contributed by atoms with Crippen molar-refractivity contribution in [3.05, 3.63) is 45.4 Å². The van der Waals surface area contributed by atoms with Crippen LogP contribution >= 0.6 is 12.2 Å². The highest BCUT2D eigenvalue weighted by Gasteiger charge is 2.36. The van der Waals surface area contributed by atoms with Gasteiger partial charge in [0.15, 0.2) is 16.3 Å². The van der Waals surface area contributed by atoms with E-state index in [0.29, 0.717) is 40.0 Å². The van der Waals surface area contributed by atoms with Crippen molar-refractivity contribution in [2.45, 2.75) is 19.8 Å². The van der Waals surface area contributed by atoms with Crippen LogP contribution in [0.2, 0.25) is 0 Å². The Balaban J connectivity index is 2.27. The minimum Gasteiger partial charge on any atom is -0.493 e. The van der Waals surface area contributed by atoms with Crippen LogP contribution in [-0.4, -0.2) is 36.8 Å². The molecule has 0 fully saturated rings. The molecule has 1 aliphatic rings. The van der Waals surface area contributed by atoms with Gasteiger partial charge in [-0.2, -0.15) is 0 Å². The Morgan fingerprint density at radius 3 is 2.64 bits per heavy atom. The van der Waals surface area contributed by atoms with Crippen molar-refractivity contribution in [3.8, 4) is 11.5 Å². The number of nitrogens with zero attached hydrogens (tertiary/aromatic N) is 1. The molecule has 148 valence electrons. The average molecular weight is 402 g/mol. The van der Waals surface area contributed by atoms with Gasteiger partial charge in [0.05, 0.1) is 32.3 Å². The Bertz CT molecular complexity index is 1020. The number of nitrogen functional groups attached to an aromatic ring is 1. The lowest BCUT2D eigenvalue weighted by molar-refractivity contribution is -0.138. The molecule has 0 saturated heterocycles. The highest BCUT2D eigenvalue weighted by atomic mass is 32.1. The zero-order chi connectivity index (χ0) is 20.4. The first-order valence-electron chi connectivity index (χ1n) is 8.67. The summed E-state index contributed by atoms with van der Waals surface area (Å²) < 4.78 is 16.3. The van der Waals surface area contributed by atoms with Gasteiger partial charge in [0, 0.05) is 11.3 Å². The van der Waals surface area contributed by atoms with Crippen LogP contribution in [0.15, 0.2) is 29.5 Å². The lowest BCUT2D eigenvalue weighted by atomic mass is 9.82. The second kappa shape index (κ2) is 7.89. The number of anilines is 2. The number of nitrogens with one attached hydrogen (secondary N) is 2. The summed E-state index contributed by atoms with van der Waals surface area (Å²) in [5.74, 6) is 1.01. The summed E-state index contributed by atoms with van der Waals surface area (Å²) in [6, 6.07) is 5.45. The number of nitrogens with two attached hydrogens (primary N) is 1. The van der Waals surface area contributed by atoms with Gasteiger partial charge in [-0.25, -0.2) is 9.78 Å². The maximum atomic E-state index is 12.8. The first-order chi connectivity index (χ1) is 13.4. The maximum Gasteiger partial charge on any atom is 0.336 e. The van der Waals surface area contributed by atoms with Crippen molar-refractivity contribution in [1.29, 1.82) is 0 Å². The fraction of sp³-hybridized carbons (Fsp3) is 0.316. The first kappa shape index (κ1) is 19.7. The Morgan fingerprint density at radius 1 is 1.29 bits per heavy atom. The lowest BCUT2D eigenvalue weighted by Gasteiger charge is -2.30. The molecule has 3 rings (SSSR count). The largest absolute Gasteiger partial charge is 0.493 e. The second-order valence-electron chi connectivity index (χ2n) is 6.15. The van der Waals surface area contributed by atoms with Crippen LogP contribution < -0.4 is 20.5 Å². The summed E-state index contributed by atoms with van der Waals surface area (Å²) in [4.78, 5) is 20.0. The van der Waals surface area contributed by atoms with Gasteiger partial charge in [0.1, 0.15) is 11.6 Å². The first-order valence-corrected chi connectivity index (χ1v) is 9.08. The van der Waals surface area contributed by atoms with Gasteiger partial charge < -0.3 is 30.2 Å². The molecule has 28 heavy (non-hydrogen) atoms. The monoisotopic (exact) mass is 402 g/mol. The average Bonchev–Trinajstić information content (AvgIpc) is 2.66.